The second kappa shape index (κ2) is 6.30. The molecule has 4 aliphatic carbocycles. The fraction of sp³-hybridized carbons (Fsp3) is 0.957. The highest BCUT2D eigenvalue weighted by Crippen LogP contribution is 2.65. The molecule has 0 heterocycles. The first-order chi connectivity index (χ1) is 12.2. The Labute approximate surface area is 158 Å². The van der Waals surface area contributed by atoms with Crippen molar-refractivity contribution in [3.05, 3.63) is 0 Å². The summed E-state index contributed by atoms with van der Waals surface area (Å²) < 4.78 is 0. The Hall–Kier alpha value is -0.410. The van der Waals surface area contributed by atoms with Crippen LogP contribution in [0.4, 0.5) is 0 Å². The molecule has 26 heavy (non-hydrogen) atoms. The van der Waals surface area contributed by atoms with Crippen LogP contribution in [0.3, 0.4) is 0 Å². The van der Waals surface area contributed by atoms with Gasteiger partial charge in [0, 0.05) is 5.41 Å². The summed E-state index contributed by atoms with van der Waals surface area (Å²) in [6, 6.07) is 0. The van der Waals surface area contributed by atoms with E-state index in [0.717, 1.165) is 50.4 Å². The Kier molecular flexibility index (Phi) is 4.59. The number of aliphatic hydroxyl groups is 2. The van der Waals surface area contributed by atoms with Crippen molar-refractivity contribution in [3.8, 4) is 0 Å². The zero-order valence-electron chi connectivity index (χ0n) is 17.0. The second-order valence-electron chi connectivity index (χ2n) is 10.6. The van der Waals surface area contributed by atoms with Crippen LogP contribution >= 0.6 is 0 Å². The molecular formula is C23H38O3. The highest BCUT2D eigenvalue weighted by atomic mass is 16.3. The molecule has 0 radical (unpaired) electrons. The van der Waals surface area contributed by atoms with Crippen LogP contribution in [0, 0.1) is 35.0 Å². The highest BCUT2D eigenvalue weighted by Gasteiger charge is 2.64. The van der Waals surface area contributed by atoms with E-state index in [1.165, 1.54) is 25.7 Å². The summed E-state index contributed by atoms with van der Waals surface area (Å²) in [7, 11) is 0. The van der Waals surface area contributed by atoms with E-state index in [1.54, 1.807) is 6.92 Å². The second-order valence-corrected chi connectivity index (χ2v) is 10.6. The van der Waals surface area contributed by atoms with E-state index in [9.17, 15) is 15.0 Å². The van der Waals surface area contributed by atoms with Gasteiger partial charge in [-0.1, -0.05) is 20.3 Å². The van der Waals surface area contributed by atoms with Gasteiger partial charge in [0.15, 0.2) is 5.78 Å². The fourth-order valence-electron chi connectivity index (χ4n) is 8.25. The predicted molar refractivity (Wildman–Crippen MR) is 103 cm³/mol. The molecule has 4 saturated carbocycles. The van der Waals surface area contributed by atoms with Crippen molar-refractivity contribution in [3.63, 3.8) is 0 Å². The number of fused-ring (bicyclic) bond motifs is 5. The lowest BCUT2D eigenvalue weighted by Crippen LogP contribution is -2.56. The lowest BCUT2D eigenvalue weighted by Gasteiger charge is -2.58. The highest BCUT2D eigenvalue weighted by molar-refractivity contribution is 5.86. The SMILES string of the molecule is CCC[C@@]1(O)CC[C@H]2[C@H](CC[C@@H]3[C@@H]2CC[C@@]2(C)[C@H]3CC[C@]2(O)C(C)=O)C1. The van der Waals surface area contributed by atoms with E-state index < -0.39 is 11.2 Å². The number of hydrogen-bond acceptors (Lipinski definition) is 3. The zero-order valence-corrected chi connectivity index (χ0v) is 17.0. The maximum atomic E-state index is 12.3. The van der Waals surface area contributed by atoms with E-state index in [4.69, 9.17) is 0 Å². The molecular weight excluding hydrogens is 324 g/mol. The zero-order chi connectivity index (χ0) is 18.7. The van der Waals surface area contributed by atoms with Gasteiger partial charge in [-0.2, -0.15) is 0 Å². The summed E-state index contributed by atoms with van der Waals surface area (Å²) in [6.45, 7) is 5.97. The van der Waals surface area contributed by atoms with Gasteiger partial charge in [-0.15, -0.1) is 0 Å². The third kappa shape index (κ3) is 2.56. The van der Waals surface area contributed by atoms with Gasteiger partial charge >= 0.3 is 0 Å². The van der Waals surface area contributed by atoms with Crippen LogP contribution in [0.5, 0.6) is 0 Å². The molecule has 3 heteroatoms. The molecule has 0 aromatic heterocycles. The molecule has 0 aromatic carbocycles. The van der Waals surface area contributed by atoms with E-state index >= 15 is 0 Å². The average molecular weight is 363 g/mol. The Balaban J connectivity index is 1.54. The summed E-state index contributed by atoms with van der Waals surface area (Å²) in [5, 5.41) is 22.1. The van der Waals surface area contributed by atoms with Crippen molar-refractivity contribution in [2.45, 2.75) is 103 Å². The summed E-state index contributed by atoms with van der Waals surface area (Å²) >= 11 is 0. The third-order valence-electron chi connectivity index (χ3n) is 9.55. The third-order valence-corrected chi connectivity index (χ3v) is 9.55. The van der Waals surface area contributed by atoms with E-state index in [-0.39, 0.29) is 11.2 Å². The first-order valence-corrected chi connectivity index (χ1v) is 11.2. The molecule has 2 N–H and O–H groups in total. The van der Waals surface area contributed by atoms with Crippen LogP contribution in [-0.2, 0) is 4.79 Å². The number of ketones is 1. The Morgan fingerprint density at radius 1 is 0.962 bits per heavy atom. The van der Waals surface area contributed by atoms with Crippen LogP contribution in [0.2, 0.25) is 0 Å². The van der Waals surface area contributed by atoms with Crippen LogP contribution in [-0.4, -0.2) is 27.2 Å². The van der Waals surface area contributed by atoms with Gasteiger partial charge in [0.25, 0.3) is 0 Å². The molecule has 4 fully saturated rings. The predicted octanol–water partition coefficient (Wildman–Crippen LogP) is 4.49. The number of hydrogen-bond donors (Lipinski definition) is 2. The van der Waals surface area contributed by atoms with Gasteiger partial charge in [-0.05, 0) is 101 Å². The van der Waals surface area contributed by atoms with Gasteiger partial charge in [0.2, 0.25) is 0 Å². The fourth-order valence-corrected chi connectivity index (χ4v) is 8.25. The number of carbonyl (C=O) groups excluding carboxylic acids is 1. The van der Waals surface area contributed by atoms with E-state index in [0.29, 0.717) is 24.2 Å². The van der Waals surface area contributed by atoms with Crippen molar-refractivity contribution in [1.82, 2.24) is 0 Å². The normalized spacial score (nSPS) is 53.5. The van der Waals surface area contributed by atoms with Crippen molar-refractivity contribution in [1.29, 1.82) is 0 Å². The van der Waals surface area contributed by atoms with Gasteiger partial charge < -0.3 is 10.2 Å². The van der Waals surface area contributed by atoms with Gasteiger partial charge in [0.1, 0.15) is 5.60 Å². The molecule has 148 valence electrons. The summed E-state index contributed by atoms with van der Waals surface area (Å²) in [4.78, 5) is 12.3. The van der Waals surface area contributed by atoms with Crippen LogP contribution in [0.25, 0.3) is 0 Å². The molecule has 0 amide bonds. The Morgan fingerprint density at radius 3 is 2.38 bits per heavy atom. The lowest BCUT2D eigenvalue weighted by molar-refractivity contribution is -0.163. The number of rotatable bonds is 3. The topological polar surface area (TPSA) is 57.5 Å². The van der Waals surface area contributed by atoms with Crippen LogP contribution < -0.4 is 0 Å². The minimum Gasteiger partial charge on any atom is -0.390 e. The number of Topliss-reactive ketones (excluding diaryl/α,β-unsaturated/α-hetero) is 1. The lowest BCUT2D eigenvalue weighted by atomic mass is 9.48. The molecule has 4 rings (SSSR count). The smallest absolute Gasteiger partial charge is 0.161 e. The first-order valence-electron chi connectivity index (χ1n) is 11.2. The maximum absolute atomic E-state index is 12.3. The molecule has 8 atom stereocenters. The molecule has 4 aliphatic rings. The van der Waals surface area contributed by atoms with Crippen LogP contribution in [0.1, 0.15) is 91.4 Å². The number of carbonyl (C=O) groups is 1. The Bertz CT molecular complexity index is 574. The summed E-state index contributed by atoms with van der Waals surface area (Å²) in [6.07, 6.45) is 11.5. The molecule has 3 nitrogen and oxygen atoms in total. The van der Waals surface area contributed by atoms with Crippen molar-refractivity contribution < 1.29 is 15.0 Å². The largest absolute Gasteiger partial charge is 0.390 e. The summed E-state index contributed by atoms with van der Waals surface area (Å²) in [5.74, 6) is 3.39. The standard InChI is InChI=1S/C23H38O3/c1-4-10-22(25)12-8-17-16(14-22)5-6-19-18(17)7-11-21(3)20(19)9-13-23(21,26)15(2)24/h16-20,25-26H,4-14H2,1-3H3/t16-,17+,18-,19-,20+,21+,22-,23+/m1/s1. The first kappa shape index (κ1) is 18.9. The molecule has 0 spiro atoms. The monoisotopic (exact) mass is 362 g/mol. The molecule has 0 unspecified atom stereocenters. The van der Waals surface area contributed by atoms with Crippen LogP contribution in [0.15, 0.2) is 0 Å². The molecule has 0 bridgehead atoms. The molecule has 0 aliphatic heterocycles. The van der Waals surface area contributed by atoms with Crippen molar-refractivity contribution >= 4 is 5.78 Å². The van der Waals surface area contributed by atoms with Crippen molar-refractivity contribution in [2.75, 3.05) is 0 Å². The minimum absolute atomic E-state index is 0.0167. The molecule has 0 saturated heterocycles. The quantitative estimate of drug-likeness (QED) is 0.778. The van der Waals surface area contributed by atoms with E-state index in [2.05, 4.69) is 13.8 Å². The minimum atomic E-state index is -1.09. The summed E-state index contributed by atoms with van der Waals surface area (Å²) in [5.41, 5.74) is -1.72. The van der Waals surface area contributed by atoms with Gasteiger partial charge in [-0.3, -0.25) is 4.79 Å². The van der Waals surface area contributed by atoms with Gasteiger partial charge in [-0.25, -0.2) is 0 Å². The van der Waals surface area contributed by atoms with Gasteiger partial charge in [0.05, 0.1) is 5.60 Å². The maximum Gasteiger partial charge on any atom is 0.161 e. The Morgan fingerprint density at radius 2 is 1.69 bits per heavy atom. The average Bonchev–Trinajstić information content (AvgIpc) is 2.87. The van der Waals surface area contributed by atoms with Crippen molar-refractivity contribution in [2.24, 2.45) is 35.0 Å². The van der Waals surface area contributed by atoms with E-state index in [1.807, 2.05) is 0 Å². The molecule has 0 aromatic rings.